The van der Waals surface area contributed by atoms with Crippen LogP contribution in [0.15, 0.2) is 18.2 Å². The van der Waals surface area contributed by atoms with E-state index in [-0.39, 0.29) is 12.4 Å². The van der Waals surface area contributed by atoms with Crippen LogP contribution in [-0.2, 0) is 16.0 Å². The quantitative estimate of drug-likeness (QED) is 0.697. The van der Waals surface area contributed by atoms with Crippen LogP contribution in [0.1, 0.15) is 11.1 Å². The minimum Gasteiger partial charge on any atom is -0.497 e. The fourth-order valence-corrected chi connectivity index (χ4v) is 1.18. The third-order valence-electron chi connectivity index (χ3n) is 2.00. The van der Waals surface area contributed by atoms with E-state index < -0.39 is 0 Å². The van der Waals surface area contributed by atoms with E-state index in [0.29, 0.717) is 16.9 Å². The van der Waals surface area contributed by atoms with Crippen molar-refractivity contribution in [3.63, 3.8) is 0 Å². The number of carbonyl (C=O) groups excluding carboxylic acids is 1. The number of esters is 1. The number of benzene rings is 1. The van der Waals surface area contributed by atoms with E-state index in [1.54, 1.807) is 18.2 Å². The normalized spacial score (nSPS) is 9.13. The summed E-state index contributed by atoms with van der Waals surface area (Å²) in [6.45, 7) is 0. The molecule has 0 bridgehead atoms. The van der Waals surface area contributed by atoms with Crippen molar-refractivity contribution < 1.29 is 14.3 Å². The first-order valence-corrected chi connectivity index (χ1v) is 4.35. The van der Waals surface area contributed by atoms with Crippen LogP contribution in [0.25, 0.3) is 0 Å². The molecule has 1 aromatic rings. The highest BCUT2D eigenvalue weighted by Crippen LogP contribution is 2.17. The van der Waals surface area contributed by atoms with Gasteiger partial charge in [-0.2, -0.15) is 5.26 Å². The first kappa shape index (κ1) is 11.1. The van der Waals surface area contributed by atoms with Crippen molar-refractivity contribution >= 4 is 5.97 Å². The van der Waals surface area contributed by atoms with Gasteiger partial charge in [0, 0.05) is 0 Å². The number of carbonyl (C=O) groups is 1. The lowest BCUT2D eigenvalue weighted by atomic mass is 10.1. The van der Waals surface area contributed by atoms with Crippen molar-refractivity contribution in [2.75, 3.05) is 14.2 Å². The van der Waals surface area contributed by atoms with Crippen LogP contribution >= 0.6 is 0 Å². The fraction of sp³-hybridized carbons (Fsp3) is 0.273. The van der Waals surface area contributed by atoms with Gasteiger partial charge in [0.05, 0.1) is 32.3 Å². The standard InChI is InChI=1S/C11H11NO3/c1-14-10-4-3-8(7-12)9(5-10)6-11(13)15-2/h3-5H,6H2,1-2H3. The molecule has 0 fully saturated rings. The van der Waals surface area contributed by atoms with Crippen LogP contribution in [0.5, 0.6) is 5.75 Å². The van der Waals surface area contributed by atoms with Crippen LogP contribution in [-0.4, -0.2) is 20.2 Å². The van der Waals surface area contributed by atoms with Gasteiger partial charge in [-0.1, -0.05) is 0 Å². The fourth-order valence-electron chi connectivity index (χ4n) is 1.18. The molecule has 1 rings (SSSR count). The molecular weight excluding hydrogens is 194 g/mol. The molecule has 0 saturated carbocycles. The largest absolute Gasteiger partial charge is 0.497 e. The molecule has 4 nitrogen and oxygen atoms in total. The summed E-state index contributed by atoms with van der Waals surface area (Å²) in [5.41, 5.74) is 1.07. The lowest BCUT2D eigenvalue weighted by molar-refractivity contribution is -0.139. The highest BCUT2D eigenvalue weighted by Gasteiger charge is 2.09. The molecule has 1 aromatic carbocycles. The van der Waals surface area contributed by atoms with E-state index in [4.69, 9.17) is 10.00 Å². The van der Waals surface area contributed by atoms with Crippen LogP contribution in [0.3, 0.4) is 0 Å². The molecule has 0 aromatic heterocycles. The zero-order valence-corrected chi connectivity index (χ0v) is 8.61. The van der Waals surface area contributed by atoms with Crippen LogP contribution < -0.4 is 4.74 Å². The smallest absolute Gasteiger partial charge is 0.310 e. The summed E-state index contributed by atoms with van der Waals surface area (Å²) in [6, 6.07) is 6.98. The summed E-state index contributed by atoms with van der Waals surface area (Å²) in [5, 5.41) is 8.82. The molecule has 0 unspecified atom stereocenters. The Hall–Kier alpha value is -2.02. The van der Waals surface area contributed by atoms with Crippen molar-refractivity contribution in [1.29, 1.82) is 5.26 Å². The Balaban J connectivity index is 3.02. The number of rotatable bonds is 3. The van der Waals surface area contributed by atoms with Gasteiger partial charge in [-0.3, -0.25) is 4.79 Å². The van der Waals surface area contributed by atoms with Crippen molar-refractivity contribution in [2.45, 2.75) is 6.42 Å². The van der Waals surface area contributed by atoms with Crippen LogP contribution in [0.4, 0.5) is 0 Å². The number of methoxy groups -OCH3 is 2. The van der Waals surface area contributed by atoms with Crippen LogP contribution in [0.2, 0.25) is 0 Å². The van der Waals surface area contributed by atoms with Crippen molar-refractivity contribution in [3.8, 4) is 11.8 Å². The van der Waals surface area contributed by atoms with Crippen molar-refractivity contribution in [1.82, 2.24) is 0 Å². The Labute approximate surface area is 88.0 Å². The second kappa shape index (κ2) is 5.01. The Bertz CT molecular complexity index is 407. The third-order valence-corrected chi connectivity index (χ3v) is 2.00. The first-order chi connectivity index (χ1) is 7.21. The van der Waals surface area contributed by atoms with Crippen LogP contribution in [0, 0.1) is 11.3 Å². The van der Waals surface area contributed by atoms with Gasteiger partial charge < -0.3 is 9.47 Å². The highest BCUT2D eigenvalue weighted by molar-refractivity contribution is 5.73. The molecule has 0 saturated heterocycles. The number of nitrogens with zero attached hydrogens (tertiary/aromatic N) is 1. The van der Waals surface area contributed by atoms with E-state index in [1.807, 2.05) is 6.07 Å². The Kier molecular flexibility index (Phi) is 3.69. The van der Waals surface area contributed by atoms with E-state index in [1.165, 1.54) is 14.2 Å². The number of nitriles is 1. The van der Waals surface area contributed by atoms with Gasteiger partial charge in [0.1, 0.15) is 5.75 Å². The predicted molar refractivity (Wildman–Crippen MR) is 53.4 cm³/mol. The molecule has 0 heterocycles. The molecule has 0 amide bonds. The Morgan fingerprint density at radius 1 is 1.47 bits per heavy atom. The molecule has 0 N–H and O–H groups in total. The maximum Gasteiger partial charge on any atom is 0.310 e. The molecule has 0 aliphatic rings. The second-order valence-electron chi connectivity index (χ2n) is 2.89. The number of hydrogen-bond acceptors (Lipinski definition) is 4. The van der Waals surface area contributed by atoms with Crippen molar-refractivity contribution in [3.05, 3.63) is 29.3 Å². The number of ether oxygens (including phenoxy) is 2. The third kappa shape index (κ3) is 2.71. The lowest BCUT2D eigenvalue weighted by Crippen LogP contribution is -2.06. The van der Waals surface area contributed by atoms with E-state index >= 15 is 0 Å². The SMILES string of the molecule is COC(=O)Cc1cc(OC)ccc1C#N. The topological polar surface area (TPSA) is 59.3 Å². The Morgan fingerprint density at radius 3 is 2.73 bits per heavy atom. The summed E-state index contributed by atoms with van der Waals surface area (Å²) in [5.74, 6) is 0.243. The van der Waals surface area contributed by atoms with Gasteiger partial charge in [0.25, 0.3) is 0 Å². The van der Waals surface area contributed by atoms with Gasteiger partial charge in [-0.15, -0.1) is 0 Å². The summed E-state index contributed by atoms with van der Waals surface area (Å²) < 4.78 is 9.55. The molecule has 78 valence electrons. The first-order valence-electron chi connectivity index (χ1n) is 4.35. The van der Waals surface area contributed by atoms with Gasteiger partial charge in [0.15, 0.2) is 0 Å². The molecule has 0 spiro atoms. The molecule has 0 aliphatic carbocycles. The minimum absolute atomic E-state index is 0.0800. The van der Waals surface area contributed by atoms with Gasteiger partial charge in [0.2, 0.25) is 0 Å². The lowest BCUT2D eigenvalue weighted by Gasteiger charge is -2.05. The summed E-state index contributed by atoms with van der Waals surface area (Å²) in [7, 11) is 2.85. The van der Waals surface area contributed by atoms with Gasteiger partial charge in [-0.05, 0) is 23.8 Å². The van der Waals surface area contributed by atoms with E-state index in [0.717, 1.165) is 0 Å². The maximum absolute atomic E-state index is 11.1. The highest BCUT2D eigenvalue weighted by atomic mass is 16.5. The second-order valence-corrected chi connectivity index (χ2v) is 2.89. The minimum atomic E-state index is -0.375. The number of hydrogen-bond donors (Lipinski definition) is 0. The average molecular weight is 205 g/mol. The molecule has 0 atom stereocenters. The molecule has 0 radical (unpaired) electrons. The average Bonchev–Trinajstić information content (AvgIpc) is 2.28. The zero-order chi connectivity index (χ0) is 11.3. The summed E-state index contributed by atoms with van der Waals surface area (Å²) in [6.07, 6.45) is 0.0800. The maximum atomic E-state index is 11.1. The zero-order valence-electron chi connectivity index (χ0n) is 8.61. The molecule has 0 aliphatic heterocycles. The van der Waals surface area contributed by atoms with E-state index in [2.05, 4.69) is 4.74 Å². The Morgan fingerprint density at radius 2 is 2.20 bits per heavy atom. The molecule has 4 heteroatoms. The summed E-state index contributed by atoms with van der Waals surface area (Å²) >= 11 is 0. The summed E-state index contributed by atoms with van der Waals surface area (Å²) in [4.78, 5) is 11.1. The molecular formula is C11H11NO3. The monoisotopic (exact) mass is 205 g/mol. The van der Waals surface area contributed by atoms with Gasteiger partial charge in [-0.25, -0.2) is 0 Å². The van der Waals surface area contributed by atoms with Crippen molar-refractivity contribution in [2.24, 2.45) is 0 Å². The van der Waals surface area contributed by atoms with Gasteiger partial charge >= 0.3 is 5.97 Å². The molecule has 15 heavy (non-hydrogen) atoms. The predicted octanol–water partition coefficient (Wildman–Crippen LogP) is 1.28. The van der Waals surface area contributed by atoms with E-state index in [9.17, 15) is 4.79 Å².